The number of hydrogen-bond donors (Lipinski definition) is 2. The minimum absolute atomic E-state index is 0.183. The fourth-order valence-corrected chi connectivity index (χ4v) is 11.4. The Balaban J connectivity index is 0.911. The summed E-state index contributed by atoms with van der Waals surface area (Å²) in [5.74, 6) is 3.94. The van der Waals surface area contributed by atoms with Crippen LogP contribution in [0.3, 0.4) is 0 Å². The van der Waals surface area contributed by atoms with Crippen molar-refractivity contribution in [1.82, 2.24) is 15.8 Å². The van der Waals surface area contributed by atoms with Gasteiger partial charge in [-0.05, 0) is 109 Å². The Labute approximate surface area is 386 Å². The molecule has 2 N–H and O–H groups in total. The van der Waals surface area contributed by atoms with Crippen molar-refractivity contribution < 1.29 is 0 Å². The normalized spacial score (nSPS) is 29.9. The van der Waals surface area contributed by atoms with Crippen molar-refractivity contribution in [2.75, 3.05) is 6.54 Å². The van der Waals surface area contributed by atoms with Crippen LogP contribution in [0.1, 0.15) is 75.3 Å². The van der Waals surface area contributed by atoms with E-state index in [9.17, 15) is 0 Å². The second-order valence-corrected chi connectivity index (χ2v) is 18.9. The molecule has 3 aliphatic heterocycles. The van der Waals surface area contributed by atoms with Gasteiger partial charge in [-0.15, -0.1) is 0 Å². The first-order chi connectivity index (χ1) is 32.2. The summed E-state index contributed by atoms with van der Waals surface area (Å²) in [5, 5.41) is 6.26. The molecular formula is C60H61N5. The van der Waals surface area contributed by atoms with Crippen LogP contribution < -0.4 is 10.7 Å². The lowest BCUT2D eigenvalue weighted by Gasteiger charge is -2.37. The number of nitrogens with zero attached hydrogens (tertiary/aromatic N) is 3. The first-order valence-corrected chi connectivity index (χ1v) is 24.5. The lowest BCUT2D eigenvalue weighted by molar-refractivity contribution is 0.334. The molecule has 2 aromatic rings. The van der Waals surface area contributed by atoms with Crippen LogP contribution in [0.2, 0.25) is 0 Å². The molecule has 0 aromatic heterocycles. The van der Waals surface area contributed by atoms with Crippen LogP contribution in [-0.4, -0.2) is 29.4 Å². The molecule has 65 heavy (non-hydrogen) atoms. The van der Waals surface area contributed by atoms with E-state index in [4.69, 9.17) is 9.98 Å². The lowest BCUT2D eigenvalue weighted by atomic mass is 9.76. The van der Waals surface area contributed by atoms with E-state index in [2.05, 4.69) is 198 Å². The number of nitrogens with one attached hydrogen (secondary N) is 2. The van der Waals surface area contributed by atoms with Crippen molar-refractivity contribution in [3.8, 4) is 0 Å². The van der Waals surface area contributed by atoms with E-state index in [1.807, 2.05) is 0 Å². The van der Waals surface area contributed by atoms with Gasteiger partial charge in [0.15, 0.2) is 6.17 Å². The smallest absolute Gasteiger partial charge is 0.150 e. The number of amidine groups is 2. The molecule has 3 heterocycles. The maximum Gasteiger partial charge on any atom is 0.150 e. The van der Waals surface area contributed by atoms with Crippen molar-refractivity contribution >= 4 is 17.4 Å². The third kappa shape index (κ3) is 8.79. The summed E-state index contributed by atoms with van der Waals surface area (Å²) >= 11 is 0. The van der Waals surface area contributed by atoms with Gasteiger partial charge in [-0.1, -0.05) is 182 Å². The Morgan fingerprint density at radius 3 is 2.15 bits per heavy atom. The molecule has 2 aromatic carbocycles. The molecule has 6 aliphatic carbocycles. The van der Waals surface area contributed by atoms with Gasteiger partial charge >= 0.3 is 0 Å². The molecule has 326 valence electrons. The Bertz CT molecular complexity index is 2650. The molecular weight excluding hydrogens is 791 g/mol. The van der Waals surface area contributed by atoms with Gasteiger partial charge in [-0.3, -0.25) is 5.01 Å². The second kappa shape index (κ2) is 19.0. The van der Waals surface area contributed by atoms with Crippen LogP contribution in [0, 0.1) is 35.5 Å². The summed E-state index contributed by atoms with van der Waals surface area (Å²) in [7, 11) is 0. The fourth-order valence-electron chi connectivity index (χ4n) is 11.4. The van der Waals surface area contributed by atoms with Crippen LogP contribution in [0.15, 0.2) is 231 Å². The molecule has 0 saturated heterocycles. The highest BCUT2D eigenvalue weighted by molar-refractivity contribution is 6.16. The van der Waals surface area contributed by atoms with Crippen LogP contribution in [-0.2, 0) is 0 Å². The maximum absolute atomic E-state index is 5.41. The van der Waals surface area contributed by atoms with Crippen molar-refractivity contribution in [3.05, 3.63) is 232 Å². The molecule has 11 rings (SSSR count). The predicted octanol–water partition coefficient (Wildman–Crippen LogP) is 13.1. The van der Waals surface area contributed by atoms with E-state index in [-0.39, 0.29) is 12.1 Å². The highest BCUT2D eigenvalue weighted by Crippen LogP contribution is 2.48. The monoisotopic (exact) mass is 851 g/mol. The molecule has 9 aliphatic rings. The van der Waals surface area contributed by atoms with E-state index in [1.54, 1.807) is 0 Å². The predicted molar refractivity (Wildman–Crippen MR) is 270 cm³/mol. The van der Waals surface area contributed by atoms with E-state index >= 15 is 0 Å². The molecule has 0 saturated carbocycles. The van der Waals surface area contributed by atoms with Gasteiger partial charge in [0.1, 0.15) is 11.7 Å². The Kier molecular flexibility index (Phi) is 12.1. The molecule has 6 unspecified atom stereocenters. The van der Waals surface area contributed by atoms with E-state index in [0.29, 0.717) is 29.6 Å². The third-order valence-electron chi connectivity index (χ3n) is 14.8. The number of fused-ring (bicyclic) bond motifs is 5. The van der Waals surface area contributed by atoms with E-state index in [0.717, 1.165) is 81.6 Å². The van der Waals surface area contributed by atoms with Gasteiger partial charge < -0.3 is 5.32 Å². The Morgan fingerprint density at radius 1 is 0.569 bits per heavy atom. The zero-order chi connectivity index (χ0) is 43.4. The summed E-state index contributed by atoms with van der Waals surface area (Å²) in [6, 6.07) is 21.8. The van der Waals surface area contributed by atoms with Gasteiger partial charge in [0.05, 0.1) is 5.70 Å². The topological polar surface area (TPSA) is 52.0 Å². The summed E-state index contributed by atoms with van der Waals surface area (Å²) in [6.07, 6.45) is 57.9. The zero-order valence-corrected chi connectivity index (χ0v) is 37.5. The summed E-state index contributed by atoms with van der Waals surface area (Å²) < 4.78 is 0. The highest BCUT2D eigenvalue weighted by Gasteiger charge is 2.39. The maximum atomic E-state index is 5.41. The molecule has 0 radical (unpaired) electrons. The van der Waals surface area contributed by atoms with Crippen molar-refractivity contribution in [3.63, 3.8) is 0 Å². The molecule has 5 heteroatoms. The van der Waals surface area contributed by atoms with Crippen LogP contribution in [0.25, 0.3) is 5.70 Å². The third-order valence-corrected chi connectivity index (χ3v) is 14.8. The standard InChI is InChI=1S/C60H61N5/c1-2-7-19-42(18-6-1)44-33-38-51(39-34-44)60-63-58(49-25-12-5-13-26-49)62-59(64-60)50-27-15-14-20-43(32-37-50)52-30-17-31-53(40-52)55-46-28-16-29-48(36-35-46)56-54(45-21-8-3-9-22-45)41-61-65(56)57(55)47-23-10-4-11-24-47/h1-2,4-8,10-13,16-19,21-28,31-34,37-38,40,42-43,46,48,51-52,60-61H,3,9,14-15,20,29-30,35-36,39,41H2,(H,62,63,64)/b37-32?,50-27?,57-55+. The molecule has 5 nitrogen and oxygen atoms in total. The number of rotatable bonds is 8. The van der Waals surface area contributed by atoms with Crippen molar-refractivity contribution in [2.45, 2.75) is 70.4 Å². The quantitative estimate of drug-likeness (QED) is 0.260. The van der Waals surface area contributed by atoms with E-state index in [1.165, 1.54) is 56.8 Å². The van der Waals surface area contributed by atoms with Crippen LogP contribution in [0.4, 0.5) is 0 Å². The minimum atomic E-state index is -0.210. The van der Waals surface area contributed by atoms with Crippen LogP contribution in [0.5, 0.6) is 0 Å². The number of aliphatic imine (C=N–C) groups is 2. The fraction of sp³-hybridized carbons (Fsp3) is 0.300. The molecule has 0 amide bonds. The molecule has 2 bridgehead atoms. The first kappa shape index (κ1) is 41.4. The van der Waals surface area contributed by atoms with Gasteiger partial charge in [0.25, 0.3) is 0 Å². The number of benzene rings is 2. The number of hydrazine groups is 1. The van der Waals surface area contributed by atoms with Gasteiger partial charge in [0.2, 0.25) is 0 Å². The molecule has 0 spiro atoms. The summed E-state index contributed by atoms with van der Waals surface area (Å²) in [6.45, 7) is 0.864. The number of hydrogen-bond acceptors (Lipinski definition) is 5. The average Bonchev–Trinajstić information content (AvgIpc) is 3.47. The summed E-state index contributed by atoms with van der Waals surface area (Å²) in [5.41, 5.74) is 17.4. The van der Waals surface area contributed by atoms with Crippen LogP contribution >= 0.6 is 0 Å². The SMILES string of the molecule is C1=CC=CC(C2=CCC(C3N=C(C4=CCCCC(C5C=C(/C6=C(\c7ccccc7)N7NCC(C8=CCCC=C8)=C7C7CC=CC6CC7)C=CC5)C=C4)NC(c4ccccc4)=N3)C=C2)C=C1. The molecule has 6 atom stereocenters. The van der Waals surface area contributed by atoms with Crippen molar-refractivity contribution in [2.24, 2.45) is 45.5 Å². The first-order valence-electron chi connectivity index (χ1n) is 24.5. The Hall–Kier alpha value is -6.30. The lowest BCUT2D eigenvalue weighted by Crippen LogP contribution is -2.39. The minimum Gasteiger partial charge on any atom is -0.324 e. The molecule has 0 fully saturated rings. The Morgan fingerprint density at radius 2 is 1.35 bits per heavy atom. The largest absolute Gasteiger partial charge is 0.324 e. The van der Waals surface area contributed by atoms with E-state index < -0.39 is 0 Å². The van der Waals surface area contributed by atoms with Gasteiger partial charge in [-0.2, -0.15) is 0 Å². The average molecular weight is 852 g/mol. The number of allylic oxidation sites excluding steroid dienone is 22. The van der Waals surface area contributed by atoms with Crippen molar-refractivity contribution in [1.29, 1.82) is 0 Å². The summed E-state index contributed by atoms with van der Waals surface area (Å²) in [4.78, 5) is 10.7. The van der Waals surface area contributed by atoms with Gasteiger partial charge in [0, 0.05) is 47.0 Å². The second-order valence-electron chi connectivity index (χ2n) is 18.9. The van der Waals surface area contributed by atoms with Gasteiger partial charge in [-0.25, -0.2) is 15.4 Å². The highest BCUT2D eigenvalue weighted by atomic mass is 15.5. The zero-order valence-electron chi connectivity index (χ0n) is 37.5.